The molecule has 1 rings (SSSR count). The summed E-state index contributed by atoms with van der Waals surface area (Å²) >= 11 is 0. The van der Waals surface area contributed by atoms with Crippen LogP contribution >= 0.6 is 0 Å². The molecule has 2 N–H and O–H groups in total. The maximum Gasteiger partial charge on any atom is 0.282 e. The molecule has 0 aliphatic heterocycles. The highest BCUT2D eigenvalue weighted by molar-refractivity contribution is 5.98. The lowest BCUT2D eigenvalue weighted by Gasteiger charge is -2.12. The van der Waals surface area contributed by atoms with Crippen LogP contribution in [0.25, 0.3) is 0 Å². The molecule has 0 heterocycles. The van der Waals surface area contributed by atoms with Crippen LogP contribution < -0.4 is 5.32 Å². The van der Waals surface area contributed by atoms with Gasteiger partial charge in [-0.2, -0.15) is 0 Å². The number of amides is 1. The quantitative estimate of drug-likeness (QED) is 0.604. The van der Waals surface area contributed by atoms with Gasteiger partial charge in [0.15, 0.2) is 0 Å². The van der Waals surface area contributed by atoms with Gasteiger partial charge < -0.3 is 15.2 Å². The Balaban J connectivity index is 2.97. The molecule has 0 fully saturated rings. The molecule has 0 aliphatic rings. The molecule has 0 radical (unpaired) electrons. The molecule has 0 saturated heterocycles. The highest BCUT2D eigenvalue weighted by Crippen LogP contribution is 2.23. The highest BCUT2D eigenvalue weighted by Gasteiger charge is 2.21. The summed E-state index contributed by atoms with van der Waals surface area (Å²) in [6.07, 6.45) is 0. The molecule has 1 aromatic carbocycles. The van der Waals surface area contributed by atoms with Crippen molar-refractivity contribution in [3.63, 3.8) is 0 Å². The van der Waals surface area contributed by atoms with Crippen LogP contribution in [-0.4, -0.2) is 35.7 Å². The van der Waals surface area contributed by atoms with Crippen molar-refractivity contribution in [1.29, 1.82) is 0 Å². The van der Waals surface area contributed by atoms with E-state index in [1.54, 1.807) is 6.92 Å². The molecule has 1 amide bonds. The van der Waals surface area contributed by atoms with E-state index in [2.05, 4.69) is 5.32 Å². The number of hydrogen-bond acceptors (Lipinski definition) is 5. The van der Waals surface area contributed by atoms with E-state index in [9.17, 15) is 20.0 Å². The van der Waals surface area contributed by atoms with Crippen molar-refractivity contribution >= 4 is 11.6 Å². The van der Waals surface area contributed by atoms with Gasteiger partial charge in [0.05, 0.1) is 11.5 Å². The Labute approximate surface area is 104 Å². The predicted molar refractivity (Wildman–Crippen MR) is 63.6 cm³/mol. The number of nitro groups is 1. The number of aromatic hydroxyl groups is 1. The van der Waals surface area contributed by atoms with Crippen LogP contribution in [0.1, 0.15) is 17.3 Å². The fourth-order valence-electron chi connectivity index (χ4n) is 1.46. The topological polar surface area (TPSA) is 102 Å². The molecule has 1 aromatic rings. The van der Waals surface area contributed by atoms with Crippen molar-refractivity contribution < 1.29 is 19.6 Å². The lowest BCUT2D eigenvalue weighted by atomic mass is 10.1. The van der Waals surface area contributed by atoms with E-state index in [-0.39, 0.29) is 23.0 Å². The van der Waals surface area contributed by atoms with E-state index in [0.29, 0.717) is 6.61 Å². The molecule has 1 atom stereocenters. The van der Waals surface area contributed by atoms with E-state index in [1.165, 1.54) is 7.11 Å². The Bertz CT molecular complexity index is 461. The van der Waals surface area contributed by atoms with E-state index >= 15 is 0 Å². The average molecular weight is 254 g/mol. The molecule has 98 valence electrons. The normalized spacial score (nSPS) is 11.9. The van der Waals surface area contributed by atoms with Crippen LogP contribution in [0.15, 0.2) is 18.2 Å². The van der Waals surface area contributed by atoms with Crippen molar-refractivity contribution in [2.45, 2.75) is 13.0 Å². The standard InChI is InChI=1S/C11H14N2O5/c1-7(6-18-2)12-11(15)9-5-8(14)3-4-10(9)13(16)17/h3-5,7,14H,6H2,1-2H3,(H,12,15). The summed E-state index contributed by atoms with van der Waals surface area (Å²) in [5.74, 6) is -0.827. The van der Waals surface area contributed by atoms with Gasteiger partial charge in [-0.1, -0.05) is 0 Å². The number of phenols is 1. The van der Waals surface area contributed by atoms with Gasteiger partial charge >= 0.3 is 0 Å². The first-order valence-electron chi connectivity index (χ1n) is 5.23. The lowest BCUT2D eigenvalue weighted by Crippen LogP contribution is -2.35. The van der Waals surface area contributed by atoms with Gasteiger partial charge in [-0.15, -0.1) is 0 Å². The molecule has 18 heavy (non-hydrogen) atoms. The summed E-state index contributed by atoms with van der Waals surface area (Å²) in [5.41, 5.74) is -0.530. The number of phenolic OH excluding ortho intramolecular Hbond substituents is 1. The zero-order valence-electron chi connectivity index (χ0n) is 10.0. The zero-order valence-corrected chi connectivity index (χ0v) is 10.0. The van der Waals surface area contributed by atoms with Crippen molar-refractivity contribution in [2.24, 2.45) is 0 Å². The third kappa shape index (κ3) is 3.42. The van der Waals surface area contributed by atoms with Crippen molar-refractivity contribution in [2.75, 3.05) is 13.7 Å². The Morgan fingerprint density at radius 1 is 1.61 bits per heavy atom. The van der Waals surface area contributed by atoms with Crippen LogP contribution in [0.4, 0.5) is 5.69 Å². The summed E-state index contributed by atoms with van der Waals surface area (Å²) in [6, 6.07) is 3.02. The van der Waals surface area contributed by atoms with Crippen LogP contribution in [0, 0.1) is 10.1 Å². The number of ether oxygens (including phenoxy) is 1. The third-order valence-corrected chi connectivity index (χ3v) is 2.22. The lowest BCUT2D eigenvalue weighted by molar-refractivity contribution is -0.385. The third-order valence-electron chi connectivity index (χ3n) is 2.22. The number of carbonyl (C=O) groups excluding carboxylic acids is 1. The van der Waals surface area contributed by atoms with Gasteiger partial charge in [0.1, 0.15) is 11.3 Å². The summed E-state index contributed by atoms with van der Waals surface area (Å²) in [7, 11) is 1.49. The van der Waals surface area contributed by atoms with Crippen LogP contribution in [-0.2, 0) is 4.74 Å². The van der Waals surface area contributed by atoms with Gasteiger partial charge in [-0.25, -0.2) is 0 Å². The molecule has 0 bridgehead atoms. The minimum atomic E-state index is -0.671. The van der Waals surface area contributed by atoms with Gasteiger partial charge in [0, 0.05) is 19.2 Å². The molecule has 1 unspecified atom stereocenters. The Hall–Kier alpha value is -2.15. The van der Waals surface area contributed by atoms with Crippen molar-refractivity contribution in [1.82, 2.24) is 5.32 Å². The zero-order chi connectivity index (χ0) is 13.7. The molecule has 0 saturated carbocycles. The predicted octanol–water partition coefficient (Wildman–Crippen LogP) is 1.07. The number of nitrogens with zero attached hydrogens (tertiary/aromatic N) is 1. The van der Waals surface area contributed by atoms with E-state index in [1.807, 2.05) is 0 Å². The second-order valence-electron chi connectivity index (χ2n) is 3.79. The number of nitrogens with one attached hydrogen (secondary N) is 1. The maximum absolute atomic E-state index is 11.8. The smallest absolute Gasteiger partial charge is 0.282 e. The highest BCUT2D eigenvalue weighted by atomic mass is 16.6. The summed E-state index contributed by atoms with van der Waals surface area (Å²) in [5, 5.41) is 22.6. The summed E-state index contributed by atoms with van der Waals surface area (Å²) in [6.45, 7) is 1.99. The number of nitro benzene ring substituents is 1. The number of methoxy groups -OCH3 is 1. The van der Waals surface area contributed by atoms with E-state index < -0.39 is 10.8 Å². The van der Waals surface area contributed by atoms with Gasteiger partial charge in [0.2, 0.25) is 0 Å². The minimum Gasteiger partial charge on any atom is -0.508 e. The Morgan fingerprint density at radius 2 is 2.28 bits per heavy atom. The van der Waals surface area contributed by atoms with Crippen LogP contribution in [0.3, 0.4) is 0 Å². The fraction of sp³-hybridized carbons (Fsp3) is 0.364. The minimum absolute atomic E-state index is 0.178. The van der Waals surface area contributed by atoms with Crippen LogP contribution in [0.2, 0.25) is 0 Å². The SMILES string of the molecule is COCC(C)NC(=O)c1cc(O)ccc1[N+](=O)[O-]. The first-order valence-corrected chi connectivity index (χ1v) is 5.23. The summed E-state index contributed by atoms with van der Waals surface area (Å²) < 4.78 is 4.84. The maximum atomic E-state index is 11.8. The van der Waals surface area contributed by atoms with E-state index in [0.717, 1.165) is 18.2 Å². The monoisotopic (exact) mass is 254 g/mol. The largest absolute Gasteiger partial charge is 0.508 e. The van der Waals surface area contributed by atoms with Gasteiger partial charge in [-0.05, 0) is 19.1 Å². The Morgan fingerprint density at radius 3 is 2.83 bits per heavy atom. The molecule has 7 nitrogen and oxygen atoms in total. The molecule has 0 aliphatic carbocycles. The molecule has 7 heteroatoms. The number of carbonyl (C=O) groups is 1. The molecular formula is C11H14N2O5. The average Bonchev–Trinajstić information content (AvgIpc) is 2.28. The number of hydrogen-bond donors (Lipinski definition) is 2. The Kier molecular flexibility index (Phi) is 4.61. The van der Waals surface area contributed by atoms with Crippen molar-refractivity contribution in [3.8, 4) is 5.75 Å². The second kappa shape index (κ2) is 5.97. The molecular weight excluding hydrogens is 240 g/mol. The van der Waals surface area contributed by atoms with Crippen LogP contribution in [0.5, 0.6) is 5.75 Å². The van der Waals surface area contributed by atoms with Gasteiger partial charge in [-0.3, -0.25) is 14.9 Å². The molecule has 0 spiro atoms. The van der Waals surface area contributed by atoms with Gasteiger partial charge in [0.25, 0.3) is 11.6 Å². The van der Waals surface area contributed by atoms with Crippen molar-refractivity contribution in [3.05, 3.63) is 33.9 Å². The number of rotatable bonds is 5. The first kappa shape index (κ1) is 13.9. The second-order valence-corrected chi connectivity index (χ2v) is 3.79. The number of benzene rings is 1. The summed E-state index contributed by atoms with van der Waals surface area (Å²) in [4.78, 5) is 21.9. The fourth-order valence-corrected chi connectivity index (χ4v) is 1.46. The molecule has 0 aromatic heterocycles. The van der Waals surface area contributed by atoms with E-state index in [4.69, 9.17) is 4.74 Å². The first-order chi connectivity index (χ1) is 8.45.